The van der Waals surface area contributed by atoms with Crippen LogP contribution in [0, 0.1) is 0 Å². The molecule has 0 fully saturated rings. The van der Waals surface area contributed by atoms with Gasteiger partial charge in [-0.2, -0.15) is 0 Å². The fourth-order valence-electron chi connectivity index (χ4n) is 1.90. The van der Waals surface area contributed by atoms with Crippen molar-refractivity contribution in [1.82, 2.24) is 0 Å². The predicted octanol–water partition coefficient (Wildman–Crippen LogP) is 3.38. The van der Waals surface area contributed by atoms with Crippen LogP contribution >= 0.6 is 12.2 Å². The third kappa shape index (κ3) is 10.4. The SMILES string of the molecule is CCO.CCOc1ccc(NC(=S)Nc2ccc(OCC)cc2)cc1.[BaH2]. The molecule has 0 saturated heterocycles. The molecule has 2 aromatic rings. The monoisotopic (exact) mass is 502 g/mol. The van der Waals surface area contributed by atoms with E-state index in [9.17, 15) is 0 Å². The number of thiocarbonyl (C=S) groups is 1. The first-order valence-electron chi connectivity index (χ1n) is 8.27. The fraction of sp³-hybridized carbons (Fsp3) is 0.316. The van der Waals surface area contributed by atoms with Gasteiger partial charge in [-0.1, -0.05) is 0 Å². The minimum atomic E-state index is 0. The van der Waals surface area contributed by atoms with Crippen molar-refractivity contribution in [2.75, 3.05) is 30.5 Å². The van der Waals surface area contributed by atoms with E-state index in [0.717, 1.165) is 22.9 Å². The summed E-state index contributed by atoms with van der Waals surface area (Å²) >= 11 is 5.30. The second-order valence-corrected chi connectivity index (χ2v) is 5.22. The molecule has 0 atom stereocenters. The first kappa shape index (κ1) is 25.3. The van der Waals surface area contributed by atoms with Gasteiger partial charge in [-0.3, -0.25) is 0 Å². The Kier molecular flexibility index (Phi) is 14.9. The van der Waals surface area contributed by atoms with Crippen molar-refractivity contribution in [2.24, 2.45) is 0 Å². The predicted molar refractivity (Wildman–Crippen MR) is 116 cm³/mol. The average molecular weight is 502 g/mol. The molecule has 0 aliphatic heterocycles. The van der Waals surface area contributed by atoms with Gasteiger partial charge in [0.15, 0.2) is 5.11 Å². The minimum absolute atomic E-state index is 0. The van der Waals surface area contributed by atoms with Crippen molar-refractivity contribution in [1.29, 1.82) is 0 Å². The van der Waals surface area contributed by atoms with Crippen LogP contribution in [0.2, 0.25) is 0 Å². The summed E-state index contributed by atoms with van der Waals surface area (Å²) in [5, 5.41) is 14.4. The second-order valence-electron chi connectivity index (χ2n) is 4.81. The Morgan fingerprint density at radius 3 is 1.38 bits per heavy atom. The van der Waals surface area contributed by atoms with Crippen molar-refractivity contribution >= 4 is 77.6 Å². The van der Waals surface area contributed by atoms with Crippen LogP contribution in [0.3, 0.4) is 0 Å². The number of benzene rings is 2. The zero-order chi connectivity index (χ0) is 18.5. The van der Waals surface area contributed by atoms with Crippen LogP contribution in [0.15, 0.2) is 48.5 Å². The van der Waals surface area contributed by atoms with E-state index in [4.69, 9.17) is 26.8 Å². The third-order valence-electron chi connectivity index (χ3n) is 2.85. The summed E-state index contributed by atoms with van der Waals surface area (Å²) in [5.74, 6) is 1.69. The molecule has 0 aromatic heterocycles. The molecule has 0 aliphatic carbocycles. The van der Waals surface area contributed by atoms with Gasteiger partial charge < -0.3 is 25.2 Å². The van der Waals surface area contributed by atoms with E-state index in [-0.39, 0.29) is 55.5 Å². The first-order chi connectivity index (χ1) is 12.1. The van der Waals surface area contributed by atoms with Gasteiger partial charge in [0.25, 0.3) is 0 Å². The van der Waals surface area contributed by atoms with Crippen molar-refractivity contribution in [3.63, 3.8) is 0 Å². The Morgan fingerprint density at radius 2 is 1.12 bits per heavy atom. The number of nitrogens with one attached hydrogen (secondary N) is 2. The Hall–Kier alpha value is -0.739. The molecule has 0 spiro atoms. The number of rotatable bonds is 6. The van der Waals surface area contributed by atoms with Gasteiger partial charge in [0.05, 0.1) is 13.2 Å². The fourth-order valence-corrected chi connectivity index (χ4v) is 2.13. The standard InChI is InChI=1S/C17H20N2O2S.C2H6O.Ba.2H/c1-3-20-15-9-5-13(6-10-15)18-17(22)19-14-7-11-16(12-8-14)21-4-2;1-2-3;;;/h5-12H,3-4H2,1-2H3,(H2,18,19,22);3H,2H2,1H3;;;. The molecule has 0 amide bonds. The molecule has 5 nitrogen and oxygen atoms in total. The van der Waals surface area contributed by atoms with E-state index in [1.807, 2.05) is 62.4 Å². The zero-order valence-corrected chi connectivity index (χ0v) is 15.7. The number of aliphatic hydroxyl groups excluding tert-OH is 1. The molecule has 140 valence electrons. The summed E-state index contributed by atoms with van der Waals surface area (Å²) in [6.07, 6.45) is 0. The number of aliphatic hydroxyl groups is 1. The van der Waals surface area contributed by atoms with Crippen LogP contribution in [0.4, 0.5) is 11.4 Å². The average Bonchev–Trinajstić information content (AvgIpc) is 2.60. The summed E-state index contributed by atoms with van der Waals surface area (Å²) in [6.45, 7) is 7.17. The van der Waals surface area contributed by atoms with Crippen LogP contribution in [0.25, 0.3) is 0 Å². The molecular weight excluding hydrogens is 474 g/mol. The number of hydrogen-bond donors (Lipinski definition) is 3. The summed E-state index contributed by atoms with van der Waals surface area (Å²) < 4.78 is 10.8. The third-order valence-corrected chi connectivity index (χ3v) is 3.05. The number of ether oxygens (including phenoxy) is 2. The van der Waals surface area contributed by atoms with E-state index in [2.05, 4.69) is 10.6 Å². The van der Waals surface area contributed by atoms with E-state index >= 15 is 0 Å². The molecule has 3 N–H and O–H groups in total. The Labute approximate surface area is 201 Å². The molecule has 2 rings (SSSR count). The molecule has 0 saturated carbocycles. The maximum absolute atomic E-state index is 7.57. The van der Waals surface area contributed by atoms with Crippen LogP contribution < -0.4 is 20.1 Å². The molecule has 7 heteroatoms. The first-order valence-corrected chi connectivity index (χ1v) is 8.68. The molecular formula is C19H28BaN2O3S. The molecule has 0 aliphatic rings. The van der Waals surface area contributed by atoms with Gasteiger partial charge in [-0.05, 0) is 81.5 Å². The summed E-state index contributed by atoms with van der Waals surface area (Å²) in [7, 11) is 0. The quantitative estimate of drug-likeness (QED) is 0.417. The van der Waals surface area contributed by atoms with E-state index in [1.54, 1.807) is 6.92 Å². The van der Waals surface area contributed by atoms with Crippen molar-refractivity contribution in [2.45, 2.75) is 20.8 Å². The number of hydrogen-bond acceptors (Lipinski definition) is 4. The van der Waals surface area contributed by atoms with Crippen molar-refractivity contribution in [3.8, 4) is 11.5 Å². The summed E-state index contributed by atoms with van der Waals surface area (Å²) in [5.41, 5.74) is 1.82. The van der Waals surface area contributed by atoms with Crippen molar-refractivity contribution in [3.05, 3.63) is 48.5 Å². The van der Waals surface area contributed by atoms with E-state index < -0.39 is 0 Å². The molecule has 0 radical (unpaired) electrons. The van der Waals surface area contributed by atoms with Crippen LogP contribution in [0.1, 0.15) is 20.8 Å². The number of anilines is 2. The Bertz CT molecular complexity index is 568. The van der Waals surface area contributed by atoms with Crippen molar-refractivity contribution < 1.29 is 14.6 Å². The van der Waals surface area contributed by atoms with Gasteiger partial charge >= 0.3 is 48.9 Å². The van der Waals surface area contributed by atoms with Crippen LogP contribution in [-0.2, 0) is 0 Å². The maximum atomic E-state index is 7.57. The normalized spacial score (nSPS) is 9.08. The molecule has 26 heavy (non-hydrogen) atoms. The Balaban J connectivity index is 0.00000146. The van der Waals surface area contributed by atoms with Gasteiger partial charge in [0, 0.05) is 18.0 Å². The topological polar surface area (TPSA) is 62.8 Å². The summed E-state index contributed by atoms with van der Waals surface area (Å²) in [6, 6.07) is 15.3. The molecule has 0 bridgehead atoms. The van der Waals surface area contributed by atoms with Gasteiger partial charge in [-0.25, -0.2) is 0 Å². The van der Waals surface area contributed by atoms with Gasteiger partial charge in [0.2, 0.25) is 0 Å². The second kappa shape index (κ2) is 15.3. The molecule has 0 heterocycles. The van der Waals surface area contributed by atoms with Crippen LogP contribution in [0.5, 0.6) is 11.5 Å². The molecule has 2 aromatic carbocycles. The van der Waals surface area contributed by atoms with E-state index in [1.165, 1.54) is 0 Å². The van der Waals surface area contributed by atoms with Gasteiger partial charge in [-0.15, -0.1) is 0 Å². The molecule has 0 unspecified atom stereocenters. The summed E-state index contributed by atoms with van der Waals surface area (Å²) in [4.78, 5) is 0. The zero-order valence-electron chi connectivity index (χ0n) is 14.9. The van der Waals surface area contributed by atoms with Gasteiger partial charge in [0.1, 0.15) is 11.5 Å². The van der Waals surface area contributed by atoms with E-state index in [0.29, 0.717) is 18.3 Å². The Morgan fingerprint density at radius 1 is 0.808 bits per heavy atom. The van der Waals surface area contributed by atoms with Crippen LogP contribution in [-0.4, -0.2) is 78.9 Å².